The Morgan fingerprint density at radius 1 is 1.09 bits per heavy atom. The second-order valence-corrected chi connectivity index (χ2v) is 5.03. The van der Waals surface area contributed by atoms with Gasteiger partial charge < -0.3 is 5.21 Å². The van der Waals surface area contributed by atoms with Crippen LogP contribution in [0.3, 0.4) is 0 Å². The average Bonchev–Trinajstić information content (AvgIpc) is 2.42. The van der Waals surface area contributed by atoms with E-state index in [-0.39, 0.29) is 17.5 Å². The van der Waals surface area contributed by atoms with Crippen LogP contribution in [-0.2, 0) is 12.1 Å². The molecule has 0 aliphatic heterocycles. The van der Waals surface area contributed by atoms with Gasteiger partial charge in [0.2, 0.25) is 0 Å². The van der Waals surface area contributed by atoms with Gasteiger partial charge in [-0.3, -0.25) is 0 Å². The van der Waals surface area contributed by atoms with Gasteiger partial charge >= 0.3 is 18.0 Å². The van der Waals surface area contributed by atoms with Gasteiger partial charge in [0.25, 0.3) is 0 Å². The summed E-state index contributed by atoms with van der Waals surface area (Å²) in [7, 11) is 0. The molecule has 23 heavy (non-hydrogen) atoms. The molecule has 1 aromatic rings. The fourth-order valence-corrected chi connectivity index (χ4v) is 2.50. The van der Waals surface area contributed by atoms with Crippen LogP contribution >= 0.6 is 11.6 Å². The largest absolute Gasteiger partial charge is 0.435 e. The van der Waals surface area contributed by atoms with Crippen molar-refractivity contribution in [3.8, 4) is 0 Å². The SMILES string of the molecule is CCc1ccc(C(F)(C(F)(F)F)C(F)(F)F)c(C)c1C(Cl)=NO. The van der Waals surface area contributed by atoms with Crippen molar-refractivity contribution in [1.82, 2.24) is 0 Å². The van der Waals surface area contributed by atoms with Crippen LogP contribution in [-0.4, -0.2) is 22.7 Å². The minimum Gasteiger partial charge on any atom is -0.410 e. The highest BCUT2D eigenvalue weighted by Gasteiger charge is 2.74. The smallest absolute Gasteiger partial charge is 0.410 e. The lowest BCUT2D eigenvalue weighted by atomic mass is 9.86. The Balaban J connectivity index is 3.85. The van der Waals surface area contributed by atoms with E-state index in [9.17, 15) is 30.7 Å². The Kier molecular flexibility index (Phi) is 5.25. The summed E-state index contributed by atoms with van der Waals surface area (Å²) >= 11 is 5.55. The predicted octanol–water partition coefficient (Wildman–Crippen LogP) is 5.22. The first-order chi connectivity index (χ1) is 10.3. The average molecular weight is 366 g/mol. The first kappa shape index (κ1) is 19.5. The zero-order valence-electron chi connectivity index (χ0n) is 11.8. The minimum atomic E-state index is -6.23. The molecular weight excluding hydrogens is 355 g/mol. The van der Waals surface area contributed by atoms with Crippen LogP contribution in [0.2, 0.25) is 0 Å². The number of hydrogen-bond acceptors (Lipinski definition) is 2. The van der Waals surface area contributed by atoms with Crippen molar-refractivity contribution >= 4 is 16.8 Å². The van der Waals surface area contributed by atoms with Crippen LogP contribution < -0.4 is 0 Å². The van der Waals surface area contributed by atoms with Gasteiger partial charge in [-0.2, -0.15) is 26.3 Å². The van der Waals surface area contributed by atoms with Crippen LogP contribution in [0.1, 0.15) is 29.2 Å². The number of oxime groups is 1. The first-order valence-corrected chi connectivity index (χ1v) is 6.53. The van der Waals surface area contributed by atoms with E-state index in [0.717, 1.165) is 13.0 Å². The normalized spacial score (nSPS) is 14.3. The summed E-state index contributed by atoms with van der Waals surface area (Å²) in [5.41, 5.74) is -8.08. The summed E-state index contributed by atoms with van der Waals surface area (Å²) in [5, 5.41) is 10.5. The molecule has 0 spiro atoms. The van der Waals surface area contributed by atoms with Gasteiger partial charge in [0.1, 0.15) is 0 Å². The summed E-state index contributed by atoms with van der Waals surface area (Å²) in [4.78, 5) is 0. The maximum atomic E-state index is 14.2. The molecule has 1 N–H and O–H groups in total. The second kappa shape index (κ2) is 6.18. The predicted molar refractivity (Wildman–Crippen MR) is 69.6 cm³/mol. The summed E-state index contributed by atoms with van der Waals surface area (Å²) < 4.78 is 91.3. The van der Waals surface area contributed by atoms with Crippen LogP contribution in [0, 0.1) is 6.92 Å². The third kappa shape index (κ3) is 3.11. The molecule has 130 valence electrons. The molecule has 0 bridgehead atoms. The van der Waals surface area contributed by atoms with Gasteiger partial charge in [-0.15, -0.1) is 0 Å². The highest BCUT2D eigenvalue weighted by atomic mass is 35.5. The molecule has 0 fully saturated rings. The molecule has 0 atom stereocenters. The highest BCUT2D eigenvalue weighted by Crippen LogP contribution is 2.54. The van der Waals surface area contributed by atoms with Crippen molar-refractivity contribution < 1.29 is 35.9 Å². The Morgan fingerprint density at radius 2 is 1.57 bits per heavy atom. The zero-order valence-corrected chi connectivity index (χ0v) is 12.5. The van der Waals surface area contributed by atoms with E-state index >= 15 is 0 Å². The van der Waals surface area contributed by atoms with E-state index in [1.54, 1.807) is 6.92 Å². The molecule has 0 aromatic heterocycles. The standard InChI is InChI=1S/C13H11ClF7NO/c1-3-7-4-5-8(6(2)9(7)10(14)22-23)11(15,12(16,17)18)13(19,20)21/h4-5,23H,3H2,1-2H3. The summed E-state index contributed by atoms with van der Waals surface area (Å²) in [5.74, 6) is 0. The Labute approximate surface area is 131 Å². The van der Waals surface area contributed by atoms with Crippen molar-refractivity contribution in [3.63, 3.8) is 0 Å². The topological polar surface area (TPSA) is 32.6 Å². The summed E-state index contributed by atoms with van der Waals surface area (Å²) in [6, 6.07) is 1.30. The highest BCUT2D eigenvalue weighted by molar-refractivity contribution is 6.69. The molecule has 0 heterocycles. The second-order valence-electron chi connectivity index (χ2n) is 4.67. The Bertz CT molecular complexity index is 608. The van der Waals surface area contributed by atoms with Gasteiger partial charge in [-0.25, -0.2) is 4.39 Å². The number of halogens is 8. The number of benzene rings is 1. The molecule has 0 radical (unpaired) electrons. The Morgan fingerprint density at radius 3 is 1.91 bits per heavy atom. The fraction of sp³-hybridized carbons (Fsp3) is 0.462. The third-order valence-electron chi connectivity index (χ3n) is 3.38. The molecule has 10 heteroatoms. The lowest BCUT2D eigenvalue weighted by molar-refractivity contribution is -0.348. The lowest BCUT2D eigenvalue weighted by Gasteiger charge is -2.32. The summed E-state index contributed by atoms with van der Waals surface area (Å²) in [6.45, 7) is 2.40. The van der Waals surface area contributed by atoms with Gasteiger partial charge in [0.05, 0.1) is 0 Å². The van der Waals surface area contributed by atoms with Crippen LogP contribution in [0.25, 0.3) is 0 Å². The number of alkyl halides is 7. The van der Waals surface area contributed by atoms with Crippen molar-refractivity contribution in [2.75, 3.05) is 0 Å². The van der Waals surface area contributed by atoms with Crippen LogP contribution in [0.4, 0.5) is 30.7 Å². The van der Waals surface area contributed by atoms with Gasteiger partial charge in [-0.1, -0.05) is 35.8 Å². The molecule has 0 aliphatic rings. The van der Waals surface area contributed by atoms with Crippen LogP contribution in [0.5, 0.6) is 0 Å². The first-order valence-electron chi connectivity index (χ1n) is 6.16. The molecule has 0 saturated carbocycles. The molecule has 1 aromatic carbocycles. The van der Waals surface area contributed by atoms with Crippen LogP contribution in [0.15, 0.2) is 17.3 Å². The van der Waals surface area contributed by atoms with E-state index in [4.69, 9.17) is 16.8 Å². The van der Waals surface area contributed by atoms with E-state index in [1.807, 2.05) is 0 Å². The number of rotatable bonds is 3. The van der Waals surface area contributed by atoms with Crippen molar-refractivity contribution in [3.05, 3.63) is 34.4 Å². The zero-order chi connectivity index (χ0) is 18.2. The Hall–Kier alpha value is -1.51. The van der Waals surface area contributed by atoms with Gasteiger partial charge in [-0.05, 0) is 24.5 Å². The molecule has 0 saturated heterocycles. The number of aryl methyl sites for hydroxylation is 1. The van der Waals surface area contributed by atoms with E-state index in [0.29, 0.717) is 6.07 Å². The van der Waals surface area contributed by atoms with E-state index in [1.165, 1.54) is 0 Å². The number of hydrogen-bond donors (Lipinski definition) is 1. The minimum absolute atomic E-state index is 0.166. The molecule has 1 rings (SSSR count). The molecule has 2 nitrogen and oxygen atoms in total. The van der Waals surface area contributed by atoms with Crippen molar-refractivity contribution in [2.45, 2.75) is 38.3 Å². The molecule has 0 amide bonds. The third-order valence-corrected chi connectivity index (χ3v) is 3.64. The fourth-order valence-electron chi connectivity index (χ4n) is 2.24. The lowest BCUT2D eigenvalue weighted by Crippen LogP contribution is -2.51. The maximum Gasteiger partial charge on any atom is 0.435 e. The van der Waals surface area contributed by atoms with Gasteiger partial charge in [0.15, 0.2) is 5.17 Å². The molecule has 0 aliphatic carbocycles. The van der Waals surface area contributed by atoms with E-state index < -0.39 is 34.3 Å². The van der Waals surface area contributed by atoms with Crippen molar-refractivity contribution in [2.24, 2.45) is 5.16 Å². The summed E-state index contributed by atoms with van der Waals surface area (Å²) in [6.07, 6.45) is -12.3. The quantitative estimate of drug-likeness (QED) is 0.339. The van der Waals surface area contributed by atoms with E-state index in [2.05, 4.69) is 5.16 Å². The monoisotopic (exact) mass is 365 g/mol. The van der Waals surface area contributed by atoms with Crippen molar-refractivity contribution in [1.29, 1.82) is 0 Å². The molecule has 0 unspecified atom stereocenters. The maximum absolute atomic E-state index is 14.2. The van der Waals surface area contributed by atoms with Gasteiger partial charge in [0, 0.05) is 11.1 Å². The number of nitrogens with zero attached hydrogens (tertiary/aromatic N) is 1. The molecular formula is C13H11ClF7NO.